The molecule has 1 aliphatic carbocycles. The molecule has 1 saturated carbocycles. The SMILES string of the molecule is CN1CCNC(=O)C2(CCCCC2)C1. The predicted molar refractivity (Wildman–Crippen MR) is 56.0 cm³/mol. The van der Waals surface area contributed by atoms with E-state index in [2.05, 4.69) is 17.3 Å². The van der Waals surface area contributed by atoms with Gasteiger partial charge in [-0.15, -0.1) is 0 Å². The highest BCUT2D eigenvalue weighted by Crippen LogP contribution is 2.37. The van der Waals surface area contributed by atoms with Crippen LogP contribution in [0.25, 0.3) is 0 Å². The minimum Gasteiger partial charge on any atom is -0.354 e. The van der Waals surface area contributed by atoms with E-state index in [0.717, 1.165) is 32.5 Å². The summed E-state index contributed by atoms with van der Waals surface area (Å²) in [6.45, 7) is 2.77. The number of carbonyl (C=O) groups is 1. The van der Waals surface area contributed by atoms with Crippen LogP contribution in [-0.4, -0.2) is 37.5 Å². The quantitative estimate of drug-likeness (QED) is 0.627. The van der Waals surface area contributed by atoms with Gasteiger partial charge in [0.15, 0.2) is 0 Å². The van der Waals surface area contributed by atoms with Crippen LogP contribution in [0.15, 0.2) is 0 Å². The first-order chi connectivity index (χ1) is 6.73. The summed E-state index contributed by atoms with van der Waals surface area (Å²) in [6.07, 6.45) is 5.92. The molecule has 2 rings (SSSR count). The second-order valence-corrected chi connectivity index (χ2v) is 4.83. The van der Waals surface area contributed by atoms with Crippen molar-refractivity contribution >= 4 is 5.91 Å². The van der Waals surface area contributed by atoms with Crippen molar-refractivity contribution < 1.29 is 4.79 Å². The second kappa shape index (κ2) is 3.89. The molecule has 1 saturated heterocycles. The van der Waals surface area contributed by atoms with Gasteiger partial charge < -0.3 is 10.2 Å². The van der Waals surface area contributed by atoms with E-state index in [9.17, 15) is 4.79 Å². The van der Waals surface area contributed by atoms with Gasteiger partial charge >= 0.3 is 0 Å². The van der Waals surface area contributed by atoms with Gasteiger partial charge in [-0.2, -0.15) is 0 Å². The van der Waals surface area contributed by atoms with Crippen LogP contribution in [0.1, 0.15) is 32.1 Å². The maximum atomic E-state index is 12.0. The maximum Gasteiger partial charge on any atom is 0.227 e. The average molecular weight is 196 g/mol. The average Bonchev–Trinajstić information content (AvgIpc) is 2.29. The third-order valence-corrected chi connectivity index (χ3v) is 3.64. The number of rotatable bonds is 0. The van der Waals surface area contributed by atoms with Crippen molar-refractivity contribution in [2.75, 3.05) is 26.7 Å². The van der Waals surface area contributed by atoms with Crippen molar-refractivity contribution in [2.24, 2.45) is 5.41 Å². The molecule has 0 radical (unpaired) electrons. The lowest BCUT2D eigenvalue weighted by molar-refractivity contribution is -0.132. The fourth-order valence-corrected chi connectivity index (χ4v) is 2.83. The van der Waals surface area contributed by atoms with E-state index in [1.54, 1.807) is 0 Å². The first-order valence-electron chi connectivity index (χ1n) is 5.70. The van der Waals surface area contributed by atoms with E-state index in [0.29, 0.717) is 5.91 Å². The monoisotopic (exact) mass is 196 g/mol. The summed E-state index contributed by atoms with van der Waals surface area (Å²) in [5, 5.41) is 3.05. The number of nitrogens with one attached hydrogen (secondary N) is 1. The molecule has 2 fully saturated rings. The van der Waals surface area contributed by atoms with Crippen molar-refractivity contribution in [2.45, 2.75) is 32.1 Å². The lowest BCUT2D eigenvalue weighted by atomic mass is 9.73. The molecular formula is C11H20N2O. The Kier molecular flexibility index (Phi) is 2.77. The first-order valence-corrected chi connectivity index (χ1v) is 5.70. The minimum absolute atomic E-state index is 0.0521. The zero-order valence-electron chi connectivity index (χ0n) is 9.01. The van der Waals surface area contributed by atoms with E-state index >= 15 is 0 Å². The highest BCUT2D eigenvalue weighted by molar-refractivity contribution is 5.83. The molecule has 0 aromatic rings. The van der Waals surface area contributed by atoms with Gasteiger partial charge in [-0.25, -0.2) is 0 Å². The van der Waals surface area contributed by atoms with Gasteiger partial charge in [-0.3, -0.25) is 4.79 Å². The van der Waals surface area contributed by atoms with Crippen molar-refractivity contribution in [1.29, 1.82) is 0 Å². The number of hydrogen-bond acceptors (Lipinski definition) is 2. The van der Waals surface area contributed by atoms with Crippen LogP contribution in [-0.2, 0) is 4.79 Å². The van der Waals surface area contributed by atoms with Crippen molar-refractivity contribution in [3.63, 3.8) is 0 Å². The summed E-state index contributed by atoms with van der Waals surface area (Å²) in [5.74, 6) is 0.307. The van der Waals surface area contributed by atoms with Gasteiger partial charge in [0.1, 0.15) is 0 Å². The molecule has 1 N–H and O–H groups in total. The van der Waals surface area contributed by atoms with Crippen LogP contribution >= 0.6 is 0 Å². The predicted octanol–water partition coefficient (Wildman–Crippen LogP) is 0.998. The summed E-state index contributed by atoms with van der Waals surface area (Å²) in [6, 6.07) is 0. The number of likely N-dealkylation sites (N-methyl/N-ethyl adjacent to an activating group) is 1. The molecule has 0 aromatic carbocycles. The van der Waals surface area contributed by atoms with Crippen LogP contribution in [0.4, 0.5) is 0 Å². The van der Waals surface area contributed by atoms with Gasteiger partial charge in [-0.05, 0) is 19.9 Å². The molecule has 3 heteroatoms. The molecule has 0 unspecified atom stereocenters. The van der Waals surface area contributed by atoms with Crippen molar-refractivity contribution in [3.05, 3.63) is 0 Å². The highest BCUT2D eigenvalue weighted by atomic mass is 16.2. The molecule has 0 atom stereocenters. The normalized spacial score (nSPS) is 28.5. The topological polar surface area (TPSA) is 32.3 Å². The van der Waals surface area contributed by atoms with E-state index in [1.165, 1.54) is 19.3 Å². The molecule has 1 spiro atoms. The van der Waals surface area contributed by atoms with E-state index in [1.807, 2.05) is 0 Å². The molecule has 14 heavy (non-hydrogen) atoms. The molecule has 1 aliphatic heterocycles. The van der Waals surface area contributed by atoms with Crippen LogP contribution in [0.3, 0.4) is 0 Å². The standard InChI is InChI=1S/C11H20N2O/c1-13-8-7-12-10(14)11(9-13)5-3-2-4-6-11/h2-9H2,1H3,(H,12,14). The summed E-state index contributed by atoms with van der Waals surface area (Å²) >= 11 is 0. The molecule has 0 bridgehead atoms. The third-order valence-electron chi connectivity index (χ3n) is 3.64. The Morgan fingerprint density at radius 1 is 1.29 bits per heavy atom. The zero-order chi connectivity index (χ0) is 10.0. The Hall–Kier alpha value is -0.570. The van der Waals surface area contributed by atoms with E-state index in [4.69, 9.17) is 0 Å². The number of hydrogen-bond donors (Lipinski definition) is 1. The van der Waals surface area contributed by atoms with Gasteiger partial charge in [0.25, 0.3) is 0 Å². The summed E-state index contributed by atoms with van der Waals surface area (Å²) in [7, 11) is 2.12. The Bertz CT molecular complexity index is 221. The second-order valence-electron chi connectivity index (χ2n) is 4.83. The minimum atomic E-state index is -0.0521. The summed E-state index contributed by atoms with van der Waals surface area (Å²) in [4.78, 5) is 14.3. The molecule has 0 aromatic heterocycles. The zero-order valence-corrected chi connectivity index (χ0v) is 9.01. The van der Waals surface area contributed by atoms with E-state index < -0.39 is 0 Å². The molecule has 3 nitrogen and oxygen atoms in total. The molecule has 80 valence electrons. The van der Waals surface area contributed by atoms with Gasteiger partial charge in [0, 0.05) is 19.6 Å². The van der Waals surface area contributed by atoms with Crippen molar-refractivity contribution in [3.8, 4) is 0 Å². The largest absolute Gasteiger partial charge is 0.354 e. The Labute approximate surface area is 85.8 Å². The first kappa shape index (κ1) is 9.97. The summed E-state index contributed by atoms with van der Waals surface area (Å²) in [5.41, 5.74) is -0.0521. The number of nitrogens with zero attached hydrogens (tertiary/aromatic N) is 1. The molecule has 1 heterocycles. The number of carbonyl (C=O) groups excluding carboxylic acids is 1. The fraction of sp³-hybridized carbons (Fsp3) is 0.909. The third kappa shape index (κ3) is 1.78. The maximum absolute atomic E-state index is 12.0. The molecular weight excluding hydrogens is 176 g/mol. The lowest BCUT2D eigenvalue weighted by Gasteiger charge is -2.36. The van der Waals surface area contributed by atoms with Crippen LogP contribution < -0.4 is 5.32 Å². The Morgan fingerprint density at radius 3 is 2.71 bits per heavy atom. The smallest absolute Gasteiger partial charge is 0.227 e. The molecule has 2 aliphatic rings. The van der Waals surface area contributed by atoms with Gasteiger partial charge in [0.05, 0.1) is 5.41 Å². The Morgan fingerprint density at radius 2 is 2.00 bits per heavy atom. The molecule has 1 amide bonds. The number of amides is 1. The van der Waals surface area contributed by atoms with Crippen LogP contribution in [0.2, 0.25) is 0 Å². The van der Waals surface area contributed by atoms with Crippen LogP contribution in [0, 0.1) is 5.41 Å². The van der Waals surface area contributed by atoms with E-state index in [-0.39, 0.29) is 5.41 Å². The Balaban J connectivity index is 2.14. The lowest BCUT2D eigenvalue weighted by Crippen LogP contribution is -2.44. The van der Waals surface area contributed by atoms with Gasteiger partial charge in [-0.1, -0.05) is 19.3 Å². The van der Waals surface area contributed by atoms with Crippen LogP contribution in [0.5, 0.6) is 0 Å². The summed E-state index contributed by atoms with van der Waals surface area (Å²) < 4.78 is 0. The van der Waals surface area contributed by atoms with Gasteiger partial charge in [0.2, 0.25) is 5.91 Å². The highest BCUT2D eigenvalue weighted by Gasteiger charge is 2.41. The fourth-order valence-electron chi connectivity index (χ4n) is 2.83. The van der Waals surface area contributed by atoms with Crippen molar-refractivity contribution in [1.82, 2.24) is 10.2 Å².